The van der Waals surface area contributed by atoms with Crippen molar-refractivity contribution in [2.24, 2.45) is 0 Å². The molecule has 0 atom stereocenters. The maximum Gasteiger partial charge on any atom is 0.334 e. The fourth-order valence-corrected chi connectivity index (χ4v) is 1.25. The molecule has 0 heterocycles. The second-order valence-electron chi connectivity index (χ2n) is 2.45. The summed E-state index contributed by atoms with van der Waals surface area (Å²) in [6.07, 6.45) is 7.80. The summed E-state index contributed by atoms with van der Waals surface area (Å²) in [5.41, 5.74) is 1.51. The summed E-state index contributed by atoms with van der Waals surface area (Å²) in [6.45, 7) is 0. The number of terminal acetylenes is 1. The Hall–Kier alpha value is -1.23. The fraction of sp³-hybridized carbons (Fsp3) is 0.444. The number of carbonyl (C=O) groups excluding carboxylic acids is 1. The highest BCUT2D eigenvalue weighted by Gasteiger charge is 2.19. The van der Waals surface area contributed by atoms with Crippen LogP contribution in [0, 0.1) is 12.3 Å². The number of methoxy groups -OCH3 is 1. The molecule has 0 fully saturated rings. The van der Waals surface area contributed by atoms with Crippen molar-refractivity contribution in [3.05, 3.63) is 11.1 Å². The summed E-state index contributed by atoms with van der Waals surface area (Å²) >= 11 is 0. The first-order chi connectivity index (χ1) is 5.29. The van der Waals surface area contributed by atoms with Crippen molar-refractivity contribution >= 4 is 5.97 Å². The Morgan fingerprint density at radius 3 is 2.91 bits per heavy atom. The molecule has 0 saturated heterocycles. The maximum atomic E-state index is 11.0. The van der Waals surface area contributed by atoms with Crippen molar-refractivity contribution in [3.63, 3.8) is 0 Å². The lowest BCUT2D eigenvalue weighted by Gasteiger charge is -1.98. The van der Waals surface area contributed by atoms with Gasteiger partial charge in [-0.15, -0.1) is 6.42 Å². The molecule has 0 radical (unpaired) electrons. The van der Waals surface area contributed by atoms with E-state index < -0.39 is 0 Å². The van der Waals surface area contributed by atoms with E-state index in [4.69, 9.17) is 6.42 Å². The minimum absolute atomic E-state index is 0.268. The second-order valence-corrected chi connectivity index (χ2v) is 2.45. The van der Waals surface area contributed by atoms with E-state index in [-0.39, 0.29) is 5.97 Å². The van der Waals surface area contributed by atoms with Gasteiger partial charge in [0.15, 0.2) is 0 Å². The quantitative estimate of drug-likeness (QED) is 0.415. The van der Waals surface area contributed by atoms with Crippen LogP contribution in [0.5, 0.6) is 0 Å². The Morgan fingerprint density at radius 1 is 1.64 bits per heavy atom. The molecule has 2 nitrogen and oxygen atoms in total. The average molecular weight is 150 g/mol. The molecule has 0 unspecified atom stereocenters. The van der Waals surface area contributed by atoms with Crippen molar-refractivity contribution in [1.82, 2.24) is 0 Å². The van der Waals surface area contributed by atoms with E-state index in [9.17, 15) is 4.79 Å². The third kappa shape index (κ3) is 1.43. The van der Waals surface area contributed by atoms with Gasteiger partial charge in [0.05, 0.1) is 7.11 Å². The number of hydrogen-bond donors (Lipinski definition) is 0. The molecule has 2 heteroatoms. The van der Waals surface area contributed by atoms with Crippen LogP contribution >= 0.6 is 0 Å². The first-order valence-electron chi connectivity index (χ1n) is 3.56. The van der Waals surface area contributed by atoms with Gasteiger partial charge in [0.1, 0.15) is 0 Å². The average Bonchev–Trinajstić information content (AvgIpc) is 2.50. The number of hydrogen-bond acceptors (Lipinski definition) is 2. The molecule has 0 aliphatic heterocycles. The van der Waals surface area contributed by atoms with Crippen molar-refractivity contribution < 1.29 is 9.53 Å². The third-order valence-corrected chi connectivity index (χ3v) is 1.82. The summed E-state index contributed by atoms with van der Waals surface area (Å²) in [5.74, 6) is 2.24. The predicted octanol–water partition coefficient (Wildman–Crippen LogP) is 1.27. The summed E-state index contributed by atoms with van der Waals surface area (Å²) in [7, 11) is 1.38. The van der Waals surface area contributed by atoms with E-state index in [0.717, 1.165) is 24.8 Å². The van der Waals surface area contributed by atoms with Crippen LogP contribution in [-0.4, -0.2) is 13.1 Å². The van der Waals surface area contributed by atoms with Crippen LogP contribution < -0.4 is 0 Å². The Labute approximate surface area is 66.2 Å². The zero-order chi connectivity index (χ0) is 8.27. The van der Waals surface area contributed by atoms with E-state index >= 15 is 0 Å². The molecule has 0 amide bonds. The second kappa shape index (κ2) is 3.25. The van der Waals surface area contributed by atoms with Crippen LogP contribution in [0.4, 0.5) is 0 Å². The molecule has 58 valence electrons. The summed E-state index contributed by atoms with van der Waals surface area (Å²) in [6, 6.07) is 0. The van der Waals surface area contributed by atoms with Gasteiger partial charge in [-0.1, -0.05) is 5.92 Å². The Bertz CT molecular complexity index is 243. The highest BCUT2D eigenvalue weighted by atomic mass is 16.5. The van der Waals surface area contributed by atoms with Gasteiger partial charge >= 0.3 is 5.97 Å². The van der Waals surface area contributed by atoms with Gasteiger partial charge in [-0.05, 0) is 19.3 Å². The third-order valence-electron chi connectivity index (χ3n) is 1.82. The molecule has 0 N–H and O–H groups in total. The van der Waals surface area contributed by atoms with Crippen LogP contribution in [0.15, 0.2) is 11.1 Å². The number of rotatable bonds is 1. The van der Waals surface area contributed by atoms with E-state index in [1.807, 2.05) is 0 Å². The monoisotopic (exact) mass is 150 g/mol. The summed E-state index contributed by atoms with van der Waals surface area (Å²) in [5, 5.41) is 0. The molecule has 1 aliphatic rings. The zero-order valence-corrected chi connectivity index (χ0v) is 6.52. The maximum absolute atomic E-state index is 11.0. The standard InChI is InChI=1S/C9H10O2/c1-3-7-5-4-6-8(7)9(10)11-2/h1H,4-6H2,2H3. The molecule has 1 aliphatic carbocycles. The minimum atomic E-state index is -0.268. The van der Waals surface area contributed by atoms with Gasteiger partial charge in [-0.3, -0.25) is 0 Å². The highest BCUT2D eigenvalue weighted by molar-refractivity contribution is 5.90. The van der Waals surface area contributed by atoms with Gasteiger partial charge in [0, 0.05) is 11.1 Å². The van der Waals surface area contributed by atoms with Crippen LogP contribution in [-0.2, 0) is 9.53 Å². The molecule has 0 spiro atoms. The molecule has 11 heavy (non-hydrogen) atoms. The van der Waals surface area contributed by atoms with Gasteiger partial charge in [-0.2, -0.15) is 0 Å². The topological polar surface area (TPSA) is 26.3 Å². The van der Waals surface area contributed by atoms with E-state index in [1.54, 1.807) is 0 Å². The lowest BCUT2D eigenvalue weighted by atomic mass is 10.2. The van der Waals surface area contributed by atoms with Crippen LogP contribution in [0.3, 0.4) is 0 Å². The first-order valence-corrected chi connectivity index (χ1v) is 3.56. The largest absolute Gasteiger partial charge is 0.466 e. The zero-order valence-electron chi connectivity index (χ0n) is 6.52. The van der Waals surface area contributed by atoms with E-state index in [1.165, 1.54) is 7.11 Å². The number of allylic oxidation sites excluding steroid dienone is 1. The van der Waals surface area contributed by atoms with E-state index in [2.05, 4.69) is 10.7 Å². The SMILES string of the molecule is C#CC1=C(C(=O)OC)CCC1. The first kappa shape index (κ1) is 7.87. The number of esters is 1. The fourth-order valence-electron chi connectivity index (χ4n) is 1.25. The predicted molar refractivity (Wildman–Crippen MR) is 41.7 cm³/mol. The molecule has 0 aromatic carbocycles. The van der Waals surface area contributed by atoms with Crippen LogP contribution in [0.25, 0.3) is 0 Å². The number of ether oxygens (including phenoxy) is 1. The normalized spacial score (nSPS) is 16.4. The molecule has 1 rings (SSSR count). The van der Waals surface area contributed by atoms with Gasteiger partial charge in [0.25, 0.3) is 0 Å². The van der Waals surface area contributed by atoms with Gasteiger partial charge in [-0.25, -0.2) is 4.79 Å². The minimum Gasteiger partial charge on any atom is -0.466 e. The summed E-state index contributed by atoms with van der Waals surface area (Å²) in [4.78, 5) is 11.0. The van der Waals surface area contributed by atoms with Crippen molar-refractivity contribution in [3.8, 4) is 12.3 Å². The molecule has 0 aromatic rings. The highest BCUT2D eigenvalue weighted by Crippen LogP contribution is 2.25. The van der Waals surface area contributed by atoms with Crippen LogP contribution in [0.1, 0.15) is 19.3 Å². The lowest BCUT2D eigenvalue weighted by molar-refractivity contribution is -0.136. The Kier molecular flexibility index (Phi) is 2.32. The Morgan fingerprint density at radius 2 is 2.36 bits per heavy atom. The van der Waals surface area contributed by atoms with Crippen LogP contribution in [0.2, 0.25) is 0 Å². The smallest absolute Gasteiger partial charge is 0.334 e. The van der Waals surface area contributed by atoms with Crippen molar-refractivity contribution in [2.45, 2.75) is 19.3 Å². The molecular formula is C9H10O2. The van der Waals surface area contributed by atoms with Crippen molar-refractivity contribution in [2.75, 3.05) is 7.11 Å². The van der Waals surface area contributed by atoms with Crippen molar-refractivity contribution in [1.29, 1.82) is 0 Å². The Balaban J connectivity index is 2.85. The number of carbonyl (C=O) groups is 1. The molecule has 0 bridgehead atoms. The lowest BCUT2D eigenvalue weighted by Crippen LogP contribution is -2.03. The summed E-state index contributed by atoms with van der Waals surface area (Å²) < 4.78 is 4.57. The molecule has 0 saturated carbocycles. The molecular weight excluding hydrogens is 140 g/mol. The molecule has 0 aromatic heterocycles. The van der Waals surface area contributed by atoms with Gasteiger partial charge < -0.3 is 4.74 Å². The van der Waals surface area contributed by atoms with Gasteiger partial charge in [0.2, 0.25) is 0 Å². The van der Waals surface area contributed by atoms with E-state index in [0.29, 0.717) is 5.57 Å².